The molecule has 37 heavy (non-hydrogen) atoms. The van der Waals surface area contributed by atoms with Gasteiger partial charge in [-0.1, -0.05) is 140 Å². The molecular weight excluding hydrogens is 448 g/mol. The molecule has 7 rings (SSSR count). The van der Waals surface area contributed by atoms with Crippen LogP contribution in [0, 0.1) is 0 Å². The normalized spacial score (nSPS) is 11.2. The zero-order chi connectivity index (χ0) is 24.6. The van der Waals surface area contributed by atoms with Crippen LogP contribution in [0.5, 0.6) is 0 Å². The average molecular weight is 473 g/mol. The minimum absolute atomic E-state index is 0.925. The van der Waals surface area contributed by atoms with Crippen molar-refractivity contribution in [3.8, 4) is 44.5 Å². The lowest BCUT2D eigenvalue weighted by molar-refractivity contribution is 0.670. The van der Waals surface area contributed by atoms with Gasteiger partial charge in [0.2, 0.25) is 0 Å². The van der Waals surface area contributed by atoms with Crippen molar-refractivity contribution in [1.82, 2.24) is 0 Å². The second-order valence-electron chi connectivity index (χ2n) is 9.35. The standard InChI is InChI=1S/C36H24O/c1-2-9-25(10-3-1)26-17-19-27(20-18-26)30-11-4-5-12-31(30)28-21-23-29(24-22-28)32-14-8-15-34-33-13-6-7-16-35(33)37-36(32)34/h1-24H. The lowest BCUT2D eigenvalue weighted by Gasteiger charge is -2.12. The van der Waals surface area contributed by atoms with Crippen molar-refractivity contribution >= 4 is 21.9 Å². The monoisotopic (exact) mass is 472 g/mol. The van der Waals surface area contributed by atoms with E-state index in [0.29, 0.717) is 0 Å². The van der Waals surface area contributed by atoms with Gasteiger partial charge >= 0.3 is 0 Å². The number of para-hydroxylation sites is 2. The first-order valence-electron chi connectivity index (χ1n) is 12.6. The predicted octanol–water partition coefficient (Wildman–Crippen LogP) is 10.3. The quantitative estimate of drug-likeness (QED) is 0.248. The molecule has 0 spiro atoms. The number of furan rings is 1. The van der Waals surface area contributed by atoms with Gasteiger partial charge in [0.15, 0.2) is 0 Å². The third-order valence-corrected chi connectivity index (χ3v) is 7.14. The molecule has 0 amide bonds. The molecule has 0 fully saturated rings. The summed E-state index contributed by atoms with van der Waals surface area (Å²) in [7, 11) is 0. The van der Waals surface area contributed by atoms with Gasteiger partial charge in [0.25, 0.3) is 0 Å². The van der Waals surface area contributed by atoms with Crippen LogP contribution < -0.4 is 0 Å². The molecule has 1 heteroatoms. The van der Waals surface area contributed by atoms with Gasteiger partial charge in [-0.3, -0.25) is 0 Å². The average Bonchev–Trinajstić information content (AvgIpc) is 3.37. The van der Waals surface area contributed by atoms with Crippen LogP contribution in [0.4, 0.5) is 0 Å². The molecule has 6 aromatic carbocycles. The van der Waals surface area contributed by atoms with Gasteiger partial charge in [0.1, 0.15) is 11.2 Å². The Hall–Kier alpha value is -4.88. The Morgan fingerprint density at radius 2 is 0.757 bits per heavy atom. The lowest BCUT2D eigenvalue weighted by atomic mass is 9.92. The van der Waals surface area contributed by atoms with Crippen LogP contribution in [-0.2, 0) is 0 Å². The molecule has 0 aliphatic carbocycles. The van der Waals surface area contributed by atoms with E-state index in [0.717, 1.165) is 33.1 Å². The van der Waals surface area contributed by atoms with E-state index in [2.05, 4.69) is 133 Å². The fourth-order valence-corrected chi connectivity index (χ4v) is 5.26. The van der Waals surface area contributed by atoms with Gasteiger partial charge in [0, 0.05) is 16.3 Å². The Labute approximate surface area is 216 Å². The summed E-state index contributed by atoms with van der Waals surface area (Å²) in [6, 6.07) is 51.5. The zero-order valence-electron chi connectivity index (χ0n) is 20.3. The molecule has 0 atom stereocenters. The molecule has 0 bridgehead atoms. The first kappa shape index (κ1) is 21.4. The molecule has 174 valence electrons. The third-order valence-electron chi connectivity index (χ3n) is 7.14. The van der Waals surface area contributed by atoms with Crippen LogP contribution in [0.1, 0.15) is 0 Å². The van der Waals surface area contributed by atoms with Crippen LogP contribution in [0.25, 0.3) is 66.4 Å². The molecule has 1 heterocycles. The number of fused-ring (bicyclic) bond motifs is 3. The van der Waals surface area contributed by atoms with E-state index < -0.39 is 0 Å². The summed E-state index contributed by atoms with van der Waals surface area (Å²) in [5.74, 6) is 0. The fourth-order valence-electron chi connectivity index (χ4n) is 5.26. The smallest absolute Gasteiger partial charge is 0.143 e. The van der Waals surface area contributed by atoms with E-state index in [4.69, 9.17) is 4.42 Å². The molecule has 0 unspecified atom stereocenters. The fraction of sp³-hybridized carbons (Fsp3) is 0. The van der Waals surface area contributed by atoms with E-state index >= 15 is 0 Å². The van der Waals surface area contributed by atoms with Crippen LogP contribution in [0.2, 0.25) is 0 Å². The maximum atomic E-state index is 6.27. The maximum absolute atomic E-state index is 6.27. The van der Waals surface area contributed by atoms with Gasteiger partial charge in [-0.05, 0) is 45.0 Å². The summed E-state index contributed by atoms with van der Waals surface area (Å²) in [6.07, 6.45) is 0. The van der Waals surface area contributed by atoms with E-state index in [-0.39, 0.29) is 0 Å². The first-order valence-corrected chi connectivity index (χ1v) is 12.6. The SMILES string of the molecule is c1ccc(-c2ccc(-c3ccccc3-c3ccc(-c4cccc5c4oc4ccccc45)cc3)cc2)cc1. The summed E-state index contributed by atoms with van der Waals surface area (Å²) in [5.41, 5.74) is 11.5. The van der Waals surface area contributed by atoms with Gasteiger partial charge in [-0.2, -0.15) is 0 Å². The molecular formula is C36H24O. The lowest BCUT2D eigenvalue weighted by Crippen LogP contribution is -1.86. The number of benzene rings is 6. The second kappa shape index (κ2) is 8.96. The Kier molecular flexibility index (Phi) is 5.19. The Bertz CT molecular complexity index is 1840. The highest BCUT2D eigenvalue weighted by Gasteiger charge is 2.13. The Morgan fingerprint density at radius 1 is 0.297 bits per heavy atom. The van der Waals surface area contributed by atoms with E-state index in [1.165, 1.54) is 33.4 Å². The maximum Gasteiger partial charge on any atom is 0.143 e. The topological polar surface area (TPSA) is 13.1 Å². The Balaban J connectivity index is 1.25. The molecule has 0 aliphatic heterocycles. The number of rotatable bonds is 4. The largest absolute Gasteiger partial charge is 0.455 e. The highest BCUT2D eigenvalue weighted by atomic mass is 16.3. The second-order valence-corrected chi connectivity index (χ2v) is 9.35. The van der Waals surface area contributed by atoms with E-state index in [9.17, 15) is 0 Å². The van der Waals surface area contributed by atoms with Crippen LogP contribution in [0.3, 0.4) is 0 Å². The van der Waals surface area contributed by atoms with Crippen molar-refractivity contribution in [2.45, 2.75) is 0 Å². The van der Waals surface area contributed by atoms with Crippen molar-refractivity contribution in [2.75, 3.05) is 0 Å². The highest BCUT2D eigenvalue weighted by molar-refractivity contribution is 6.09. The molecule has 0 saturated heterocycles. The molecule has 0 saturated carbocycles. The Morgan fingerprint density at radius 3 is 1.43 bits per heavy atom. The molecule has 1 aromatic heterocycles. The molecule has 1 nitrogen and oxygen atoms in total. The zero-order valence-corrected chi connectivity index (χ0v) is 20.3. The molecule has 7 aromatic rings. The van der Waals surface area contributed by atoms with Crippen molar-refractivity contribution in [1.29, 1.82) is 0 Å². The minimum atomic E-state index is 0.925. The summed E-state index contributed by atoms with van der Waals surface area (Å²) in [6.45, 7) is 0. The van der Waals surface area contributed by atoms with Crippen molar-refractivity contribution in [2.24, 2.45) is 0 Å². The first-order chi connectivity index (χ1) is 18.3. The minimum Gasteiger partial charge on any atom is -0.455 e. The number of hydrogen-bond donors (Lipinski definition) is 0. The van der Waals surface area contributed by atoms with Crippen molar-refractivity contribution < 1.29 is 4.42 Å². The van der Waals surface area contributed by atoms with Crippen molar-refractivity contribution in [3.05, 3.63) is 146 Å². The molecule has 0 radical (unpaired) electrons. The van der Waals surface area contributed by atoms with Gasteiger partial charge < -0.3 is 4.42 Å². The van der Waals surface area contributed by atoms with Gasteiger partial charge in [-0.25, -0.2) is 0 Å². The summed E-state index contributed by atoms with van der Waals surface area (Å²) < 4.78 is 6.27. The summed E-state index contributed by atoms with van der Waals surface area (Å²) in [5, 5.41) is 2.31. The third kappa shape index (κ3) is 3.82. The highest BCUT2D eigenvalue weighted by Crippen LogP contribution is 2.38. The summed E-state index contributed by atoms with van der Waals surface area (Å²) >= 11 is 0. The van der Waals surface area contributed by atoms with E-state index in [1.807, 2.05) is 12.1 Å². The summed E-state index contributed by atoms with van der Waals surface area (Å²) in [4.78, 5) is 0. The van der Waals surface area contributed by atoms with Crippen LogP contribution in [-0.4, -0.2) is 0 Å². The number of hydrogen-bond acceptors (Lipinski definition) is 1. The van der Waals surface area contributed by atoms with Gasteiger partial charge in [-0.15, -0.1) is 0 Å². The van der Waals surface area contributed by atoms with Crippen molar-refractivity contribution in [3.63, 3.8) is 0 Å². The predicted molar refractivity (Wildman–Crippen MR) is 155 cm³/mol. The van der Waals surface area contributed by atoms with Gasteiger partial charge in [0.05, 0.1) is 0 Å². The van der Waals surface area contributed by atoms with Crippen LogP contribution in [0.15, 0.2) is 150 Å². The van der Waals surface area contributed by atoms with Crippen LogP contribution >= 0.6 is 0 Å². The molecule has 0 aliphatic rings. The van der Waals surface area contributed by atoms with E-state index in [1.54, 1.807) is 0 Å². The molecule has 0 N–H and O–H groups in total.